The molecule has 0 saturated carbocycles. The average molecular weight is 438 g/mol. The van der Waals surface area contributed by atoms with Crippen LogP contribution in [0, 0.1) is 6.92 Å². The highest BCUT2D eigenvalue weighted by Gasteiger charge is 2.37. The van der Waals surface area contributed by atoms with Crippen molar-refractivity contribution in [2.24, 2.45) is 0 Å². The number of hydrogen-bond donors (Lipinski definition) is 2. The van der Waals surface area contributed by atoms with E-state index in [9.17, 15) is 9.59 Å². The van der Waals surface area contributed by atoms with Crippen molar-refractivity contribution in [3.63, 3.8) is 0 Å². The molecule has 1 saturated heterocycles. The van der Waals surface area contributed by atoms with Crippen molar-refractivity contribution in [1.29, 1.82) is 0 Å². The third-order valence-electron chi connectivity index (χ3n) is 7.17. The molecule has 0 atom stereocenters. The molecular weight excluding hydrogens is 402 g/mol. The van der Waals surface area contributed by atoms with E-state index in [1.54, 1.807) is 11.0 Å². The molecule has 4 rings (SSSR count). The van der Waals surface area contributed by atoms with Crippen LogP contribution in [0.15, 0.2) is 28.7 Å². The number of carbonyl (C=O) groups excluding carboxylic acids is 2. The number of carbonyl (C=O) groups is 2. The Bertz CT molecular complexity index is 1030. The van der Waals surface area contributed by atoms with Crippen molar-refractivity contribution in [2.45, 2.75) is 64.7 Å². The van der Waals surface area contributed by atoms with Gasteiger partial charge in [0.1, 0.15) is 5.76 Å². The molecule has 6 heteroatoms. The Morgan fingerprint density at radius 2 is 1.81 bits per heavy atom. The third kappa shape index (κ3) is 4.41. The first-order valence-corrected chi connectivity index (χ1v) is 11.6. The molecule has 0 spiro atoms. The maximum atomic E-state index is 12.5. The lowest BCUT2D eigenvalue weighted by atomic mass is 9.62. The summed E-state index contributed by atoms with van der Waals surface area (Å²) in [5.74, 6) is 0.842. The van der Waals surface area contributed by atoms with Crippen molar-refractivity contribution in [3.05, 3.63) is 58.0 Å². The van der Waals surface area contributed by atoms with E-state index in [0.717, 1.165) is 5.76 Å². The van der Waals surface area contributed by atoms with Crippen LogP contribution in [0.4, 0.5) is 4.79 Å². The second-order valence-electron chi connectivity index (χ2n) is 10.5. The zero-order valence-corrected chi connectivity index (χ0v) is 19.9. The Balaban J connectivity index is 1.44. The fourth-order valence-electron chi connectivity index (χ4n) is 4.86. The van der Waals surface area contributed by atoms with Crippen molar-refractivity contribution in [2.75, 3.05) is 26.2 Å². The van der Waals surface area contributed by atoms with Gasteiger partial charge in [-0.25, -0.2) is 4.79 Å². The van der Waals surface area contributed by atoms with Crippen LogP contribution in [-0.2, 0) is 17.3 Å². The molecule has 172 valence electrons. The third-order valence-corrected chi connectivity index (χ3v) is 7.17. The highest BCUT2D eigenvalue weighted by molar-refractivity contribution is 5.91. The summed E-state index contributed by atoms with van der Waals surface area (Å²) in [5, 5.41) is 5.60. The van der Waals surface area contributed by atoms with Crippen LogP contribution in [-0.4, -0.2) is 43.0 Å². The number of urea groups is 1. The first-order valence-electron chi connectivity index (χ1n) is 11.6. The molecular formula is C26H35N3O3. The van der Waals surface area contributed by atoms with Crippen molar-refractivity contribution < 1.29 is 14.0 Å². The molecule has 0 unspecified atom stereocenters. The Hall–Kier alpha value is -2.76. The van der Waals surface area contributed by atoms with Crippen molar-refractivity contribution in [3.8, 4) is 0 Å². The SMILES string of the molecule is Cc1cc2c(cc1Cc1ccc(C(=O)NCCN3CCNC3=O)o1)C(C)(C)CCC2(C)C. The van der Waals surface area contributed by atoms with E-state index in [4.69, 9.17) is 4.42 Å². The highest BCUT2D eigenvalue weighted by Crippen LogP contribution is 2.46. The van der Waals surface area contributed by atoms with E-state index in [1.165, 1.54) is 35.1 Å². The van der Waals surface area contributed by atoms with Gasteiger partial charge in [0.15, 0.2) is 5.76 Å². The van der Waals surface area contributed by atoms with E-state index in [0.29, 0.717) is 38.4 Å². The first kappa shape index (κ1) is 22.4. The average Bonchev–Trinajstić information content (AvgIpc) is 3.36. The van der Waals surface area contributed by atoms with E-state index < -0.39 is 0 Å². The van der Waals surface area contributed by atoms with Gasteiger partial charge >= 0.3 is 6.03 Å². The van der Waals surface area contributed by atoms with Gasteiger partial charge in [-0.2, -0.15) is 0 Å². The number of amides is 3. The number of rotatable bonds is 6. The molecule has 1 fully saturated rings. The lowest BCUT2D eigenvalue weighted by Gasteiger charge is -2.42. The van der Waals surface area contributed by atoms with Gasteiger partial charge in [-0.05, 0) is 65.0 Å². The Morgan fingerprint density at radius 3 is 2.47 bits per heavy atom. The van der Waals surface area contributed by atoms with Crippen LogP contribution in [0.3, 0.4) is 0 Å². The minimum absolute atomic E-state index is 0.0773. The molecule has 1 aliphatic heterocycles. The second kappa shape index (κ2) is 8.30. The van der Waals surface area contributed by atoms with Crippen molar-refractivity contribution >= 4 is 11.9 Å². The minimum atomic E-state index is -0.249. The molecule has 1 aliphatic carbocycles. The van der Waals surface area contributed by atoms with E-state index in [1.807, 2.05) is 6.07 Å². The number of benzene rings is 1. The second-order valence-corrected chi connectivity index (χ2v) is 10.5. The maximum Gasteiger partial charge on any atom is 0.317 e. The molecule has 2 aliphatic rings. The van der Waals surface area contributed by atoms with Gasteiger partial charge in [0.05, 0.1) is 0 Å². The fraction of sp³-hybridized carbons (Fsp3) is 0.538. The summed E-state index contributed by atoms with van der Waals surface area (Å²) >= 11 is 0. The van der Waals surface area contributed by atoms with Crippen LogP contribution in [0.5, 0.6) is 0 Å². The summed E-state index contributed by atoms with van der Waals surface area (Å²) in [4.78, 5) is 25.7. The number of fused-ring (bicyclic) bond motifs is 1. The summed E-state index contributed by atoms with van der Waals surface area (Å²) in [6.07, 6.45) is 3.04. The fourth-order valence-corrected chi connectivity index (χ4v) is 4.86. The number of nitrogens with one attached hydrogen (secondary N) is 2. The van der Waals surface area contributed by atoms with E-state index in [-0.39, 0.29) is 22.8 Å². The summed E-state index contributed by atoms with van der Waals surface area (Å²) in [7, 11) is 0. The highest BCUT2D eigenvalue weighted by atomic mass is 16.3. The first-order chi connectivity index (χ1) is 15.1. The normalized spacial score (nSPS) is 18.9. The summed E-state index contributed by atoms with van der Waals surface area (Å²) in [5.41, 5.74) is 5.76. The number of furan rings is 1. The molecule has 2 N–H and O–H groups in total. The van der Waals surface area contributed by atoms with Crippen LogP contribution in [0.2, 0.25) is 0 Å². The number of hydrogen-bond acceptors (Lipinski definition) is 3. The molecule has 0 bridgehead atoms. The van der Waals surface area contributed by atoms with Crippen LogP contribution < -0.4 is 10.6 Å². The van der Waals surface area contributed by atoms with Gasteiger partial charge in [0, 0.05) is 32.6 Å². The Labute approximate surface area is 190 Å². The molecule has 32 heavy (non-hydrogen) atoms. The Morgan fingerprint density at radius 1 is 1.12 bits per heavy atom. The van der Waals surface area contributed by atoms with Crippen LogP contribution >= 0.6 is 0 Å². The van der Waals surface area contributed by atoms with Crippen molar-refractivity contribution in [1.82, 2.24) is 15.5 Å². The van der Waals surface area contributed by atoms with Gasteiger partial charge in [-0.15, -0.1) is 0 Å². The quantitative estimate of drug-likeness (QED) is 0.708. The van der Waals surface area contributed by atoms with E-state index >= 15 is 0 Å². The monoisotopic (exact) mass is 437 g/mol. The maximum absolute atomic E-state index is 12.5. The lowest BCUT2D eigenvalue weighted by Crippen LogP contribution is -2.36. The Kier molecular flexibility index (Phi) is 5.82. The van der Waals surface area contributed by atoms with Gasteiger partial charge in [-0.3, -0.25) is 4.79 Å². The molecule has 3 amide bonds. The number of nitrogens with zero attached hydrogens (tertiary/aromatic N) is 1. The van der Waals surface area contributed by atoms with Gasteiger partial charge < -0.3 is 20.0 Å². The zero-order valence-electron chi connectivity index (χ0n) is 19.9. The van der Waals surface area contributed by atoms with Gasteiger partial charge in [0.25, 0.3) is 5.91 Å². The molecule has 1 aromatic heterocycles. The summed E-state index contributed by atoms with van der Waals surface area (Å²) in [6.45, 7) is 13.7. The minimum Gasteiger partial charge on any atom is -0.456 e. The largest absolute Gasteiger partial charge is 0.456 e. The molecule has 0 radical (unpaired) electrons. The van der Waals surface area contributed by atoms with E-state index in [2.05, 4.69) is 57.4 Å². The smallest absolute Gasteiger partial charge is 0.317 e. The molecule has 2 heterocycles. The predicted octanol–water partition coefficient (Wildman–Crippen LogP) is 4.28. The van der Waals surface area contributed by atoms with Crippen LogP contribution in [0.25, 0.3) is 0 Å². The van der Waals surface area contributed by atoms with Gasteiger partial charge in [0.2, 0.25) is 0 Å². The molecule has 6 nitrogen and oxygen atoms in total. The molecule has 2 aromatic rings. The predicted molar refractivity (Wildman–Crippen MR) is 125 cm³/mol. The van der Waals surface area contributed by atoms with Gasteiger partial charge in [-0.1, -0.05) is 39.8 Å². The van der Waals surface area contributed by atoms with Crippen LogP contribution in [0.1, 0.15) is 79.1 Å². The topological polar surface area (TPSA) is 74.6 Å². The lowest BCUT2D eigenvalue weighted by molar-refractivity contribution is 0.0921. The summed E-state index contributed by atoms with van der Waals surface area (Å²) in [6, 6.07) is 8.25. The molecule has 1 aromatic carbocycles. The number of aryl methyl sites for hydroxylation is 1. The summed E-state index contributed by atoms with van der Waals surface area (Å²) < 4.78 is 5.88. The standard InChI is InChI=1S/C26H35N3O3/c1-17-14-20-21(26(4,5)9-8-25(20,2)3)16-18(17)15-19-6-7-22(32-19)23(30)27-10-12-29-13-11-28-24(29)31/h6-7,14,16H,8-13,15H2,1-5H3,(H,27,30)(H,28,31). The zero-order chi connectivity index (χ0) is 23.1.